The van der Waals surface area contributed by atoms with E-state index in [-0.39, 0.29) is 17.5 Å². The van der Waals surface area contributed by atoms with Crippen molar-refractivity contribution >= 4 is 15.5 Å². The minimum atomic E-state index is -2.93. The molecule has 0 amide bonds. The van der Waals surface area contributed by atoms with E-state index >= 15 is 0 Å². The molecule has 1 rings (SSSR count). The van der Waals surface area contributed by atoms with Crippen LogP contribution in [0.2, 0.25) is 0 Å². The highest BCUT2D eigenvalue weighted by Gasteiger charge is 2.17. The van der Waals surface area contributed by atoms with Crippen LogP contribution in [-0.2, 0) is 16.4 Å². The van der Waals surface area contributed by atoms with Crippen LogP contribution in [0.25, 0.3) is 0 Å². The van der Waals surface area contributed by atoms with E-state index in [4.69, 9.17) is 5.73 Å². The highest BCUT2D eigenvalue weighted by Crippen LogP contribution is 2.11. The molecule has 5 heteroatoms. The molecule has 1 aromatic rings. The van der Waals surface area contributed by atoms with E-state index in [0.717, 1.165) is 11.3 Å². The van der Waals surface area contributed by atoms with Crippen LogP contribution >= 0.6 is 0 Å². The van der Waals surface area contributed by atoms with Gasteiger partial charge in [0.05, 0.1) is 5.75 Å². The molecule has 18 heavy (non-hydrogen) atoms. The van der Waals surface area contributed by atoms with Gasteiger partial charge in [-0.15, -0.1) is 0 Å². The topological polar surface area (TPSA) is 63.4 Å². The molecule has 0 saturated heterocycles. The lowest BCUT2D eigenvalue weighted by molar-refractivity contribution is 0.267. The Balaban J connectivity index is 2.63. The van der Waals surface area contributed by atoms with Crippen molar-refractivity contribution in [2.45, 2.75) is 26.4 Å². The van der Waals surface area contributed by atoms with Gasteiger partial charge in [-0.2, -0.15) is 0 Å². The van der Waals surface area contributed by atoms with Crippen LogP contribution < -0.4 is 5.73 Å². The van der Waals surface area contributed by atoms with E-state index in [1.165, 1.54) is 0 Å². The largest absolute Gasteiger partial charge is 0.399 e. The fraction of sp³-hybridized carbons (Fsp3) is 0.538. The van der Waals surface area contributed by atoms with Crippen molar-refractivity contribution in [1.29, 1.82) is 0 Å². The summed E-state index contributed by atoms with van der Waals surface area (Å²) in [4.78, 5) is 2.03. The second-order valence-electron chi connectivity index (χ2n) is 4.71. The number of nitrogens with two attached hydrogens (primary N) is 1. The zero-order valence-electron chi connectivity index (χ0n) is 11.3. The lowest BCUT2D eigenvalue weighted by Gasteiger charge is -2.24. The summed E-state index contributed by atoms with van der Waals surface area (Å²) in [5.74, 6) is 0.395. The van der Waals surface area contributed by atoms with Gasteiger partial charge >= 0.3 is 0 Å². The summed E-state index contributed by atoms with van der Waals surface area (Å²) >= 11 is 0. The second kappa shape index (κ2) is 6.20. The Labute approximate surface area is 110 Å². The van der Waals surface area contributed by atoms with E-state index < -0.39 is 9.84 Å². The van der Waals surface area contributed by atoms with Crippen LogP contribution in [0.5, 0.6) is 0 Å². The van der Waals surface area contributed by atoms with E-state index in [9.17, 15) is 8.42 Å². The van der Waals surface area contributed by atoms with Gasteiger partial charge in [0.1, 0.15) is 0 Å². The highest BCUT2D eigenvalue weighted by atomic mass is 32.2. The maximum atomic E-state index is 11.6. The maximum Gasteiger partial charge on any atom is 0.151 e. The van der Waals surface area contributed by atoms with Gasteiger partial charge in [-0.3, -0.25) is 4.90 Å². The highest BCUT2D eigenvalue weighted by molar-refractivity contribution is 7.91. The molecule has 1 atom stereocenters. The standard InChI is InChI=1S/C13H22N2O2S/c1-4-18(16,17)10-11(2)15(3)9-12-6-5-7-13(14)8-12/h5-8,11H,4,9-10,14H2,1-3H3. The first-order valence-electron chi connectivity index (χ1n) is 6.09. The summed E-state index contributed by atoms with van der Waals surface area (Å²) in [7, 11) is -1.00. The van der Waals surface area contributed by atoms with E-state index in [1.807, 2.05) is 43.1 Å². The Kier molecular flexibility index (Phi) is 5.16. The summed E-state index contributed by atoms with van der Waals surface area (Å²) in [6, 6.07) is 7.66. The number of benzene rings is 1. The first-order valence-corrected chi connectivity index (χ1v) is 7.91. The molecule has 0 aliphatic heterocycles. The van der Waals surface area contributed by atoms with Crippen molar-refractivity contribution in [2.24, 2.45) is 0 Å². The molecule has 0 aromatic heterocycles. The molecule has 0 aliphatic rings. The molecule has 1 aromatic carbocycles. The fourth-order valence-corrected chi connectivity index (χ4v) is 2.97. The summed E-state index contributed by atoms with van der Waals surface area (Å²) in [6.45, 7) is 4.31. The Morgan fingerprint density at radius 2 is 2.06 bits per heavy atom. The molecule has 1 unspecified atom stereocenters. The van der Waals surface area contributed by atoms with Gasteiger partial charge in [0, 0.05) is 24.0 Å². The number of rotatable bonds is 6. The van der Waals surface area contributed by atoms with Crippen LogP contribution in [0.1, 0.15) is 19.4 Å². The van der Waals surface area contributed by atoms with Crippen LogP contribution in [0.4, 0.5) is 5.69 Å². The Morgan fingerprint density at radius 3 is 2.61 bits per heavy atom. The average Bonchev–Trinajstić information content (AvgIpc) is 2.28. The number of nitrogens with zero attached hydrogens (tertiary/aromatic N) is 1. The summed E-state index contributed by atoms with van der Waals surface area (Å²) < 4.78 is 23.1. The zero-order chi connectivity index (χ0) is 13.8. The van der Waals surface area contributed by atoms with Gasteiger partial charge in [-0.25, -0.2) is 8.42 Å². The first-order chi connectivity index (χ1) is 8.34. The number of hydrogen-bond donors (Lipinski definition) is 1. The summed E-state index contributed by atoms with van der Waals surface area (Å²) in [6.07, 6.45) is 0. The Morgan fingerprint density at radius 1 is 1.39 bits per heavy atom. The third-order valence-electron chi connectivity index (χ3n) is 3.07. The fourth-order valence-electron chi connectivity index (χ4n) is 1.75. The van der Waals surface area contributed by atoms with Gasteiger partial charge in [-0.1, -0.05) is 19.1 Å². The molecule has 0 heterocycles. The predicted octanol–water partition coefficient (Wildman–Crippen LogP) is 1.52. The molecule has 102 valence electrons. The Bertz CT molecular complexity index is 486. The van der Waals surface area contributed by atoms with Crippen molar-refractivity contribution in [2.75, 3.05) is 24.3 Å². The van der Waals surface area contributed by atoms with E-state index in [1.54, 1.807) is 6.92 Å². The summed E-state index contributed by atoms with van der Waals surface area (Å²) in [5.41, 5.74) is 7.55. The lowest BCUT2D eigenvalue weighted by Crippen LogP contribution is -2.35. The molecule has 0 saturated carbocycles. The number of anilines is 1. The molecular formula is C13H22N2O2S. The van der Waals surface area contributed by atoms with Crippen LogP contribution in [0.15, 0.2) is 24.3 Å². The van der Waals surface area contributed by atoms with Gasteiger partial charge < -0.3 is 5.73 Å². The second-order valence-corrected chi connectivity index (χ2v) is 7.11. The quantitative estimate of drug-likeness (QED) is 0.796. The normalized spacial score (nSPS) is 13.8. The molecule has 0 aliphatic carbocycles. The molecule has 0 spiro atoms. The van der Waals surface area contributed by atoms with Crippen LogP contribution in [-0.4, -0.2) is 37.9 Å². The van der Waals surface area contributed by atoms with Gasteiger partial charge in [-0.05, 0) is 31.7 Å². The maximum absolute atomic E-state index is 11.6. The monoisotopic (exact) mass is 270 g/mol. The molecule has 0 radical (unpaired) electrons. The van der Waals surface area contributed by atoms with E-state index in [2.05, 4.69) is 0 Å². The lowest BCUT2D eigenvalue weighted by atomic mass is 10.2. The third kappa shape index (κ3) is 4.66. The van der Waals surface area contributed by atoms with Crippen molar-refractivity contribution < 1.29 is 8.42 Å². The third-order valence-corrected chi connectivity index (χ3v) is 4.94. The first kappa shape index (κ1) is 15.0. The SMILES string of the molecule is CCS(=O)(=O)CC(C)N(C)Cc1cccc(N)c1. The minimum Gasteiger partial charge on any atom is -0.399 e. The van der Waals surface area contributed by atoms with Gasteiger partial charge in [0.2, 0.25) is 0 Å². The average molecular weight is 270 g/mol. The molecule has 4 nitrogen and oxygen atoms in total. The van der Waals surface area contributed by atoms with Crippen molar-refractivity contribution in [3.05, 3.63) is 29.8 Å². The Hall–Kier alpha value is -1.07. The molecular weight excluding hydrogens is 248 g/mol. The summed E-state index contributed by atoms with van der Waals surface area (Å²) in [5, 5.41) is 0. The number of hydrogen-bond acceptors (Lipinski definition) is 4. The zero-order valence-corrected chi connectivity index (χ0v) is 12.1. The predicted molar refractivity (Wildman–Crippen MR) is 76.1 cm³/mol. The van der Waals surface area contributed by atoms with Crippen LogP contribution in [0, 0.1) is 0 Å². The van der Waals surface area contributed by atoms with Crippen molar-refractivity contribution in [3.8, 4) is 0 Å². The number of nitrogen functional groups attached to an aromatic ring is 1. The van der Waals surface area contributed by atoms with Crippen molar-refractivity contribution in [3.63, 3.8) is 0 Å². The minimum absolute atomic E-state index is 0.00335. The van der Waals surface area contributed by atoms with Gasteiger partial charge in [0.15, 0.2) is 9.84 Å². The van der Waals surface area contributed by atoms with Crippen molar-refractivity contribution in [1.82, 2.24) is 4.90 Å². The van der Waals surface area contributed by atoms with Crippen LogP contribution in [0.3, 0.4) is 0 Å². The van der Waals surface area contributed by atoms with Gasteiger partial charge in [0.25, 0.3) is 0 Å². The molecule has 0 fully saturated rings. The number of sulfone groups is 1. The molecule has 0 bridgehead atoms. The smallest absolute Gasteiger partial charge is 0.151 e. The van der Waals surface area contributed by atoms with E-state index in [0.29, 0.717) is 6.54 Å². The molecule has 2 N–H and O–H groups in total.